The molecule has 110 valence electrons. The first-order chi connectivity index (χ1) is 9.81. The van der Waals surface area contributed by atoms with Crippen molar-refractivity contribution in [2.24, 2.45) is 0 Å². The van der Waals surface area contributed by atoms with Gasteiger partial charge in [-0.3, -0.25) is 14.8 Å². The molecule has 0 spiro atoms. The number of non-ortho nitro benzene ring substituents is 1. The number of sulfonamides is 1. The van der Waals surface area contributed by atoms with Gasteiger partial charge in [-0.05, 0) is 34.1 Å². The van der Waals surface area contributed by atoms with Crippen molar-refractivity contribution in [1.29, 1.82) is 0 Å². The number of pyridine rings is 1. The minimum absolute atomic E-state index is 0.0865. The monoisotopic (exact) mass is 375 g/mol. The van der Waals surface area contributed by atoms with Gasteiger partial charge in [-0.2, -0.15) is 0 Å². The highest BCUT2D eigenvalue weighted by Gasteiger charge is 2.23. The lowest BCUT2D eigenvalue weighted by Crippen LogP contribution is -2.15. The number of hydrogen-bond acceptors (Lipinski definition) is 5. The van der Waals surface area contributed by atoms with Crippen molar-refractivity contribution >= 4 is 37.3 Å². The van der Waals surface area contributed by atoms with E-state index in [0.717, 1.165) is 12.1 Å². The summed E-state index contributed by atoms with van der Waals surface area (Å²) < 4.78 is 40.2. The summed E-state index contributed by atoms with van der Waals surface area (Å²) in [5.41, 5.74) is -0.439. The first kappa shape index (κ1) is 15.3. The van der Waals surface area contributed by atoms with Gasteiger partial charge < -0.3 is 0 Å². The molecule has 0 bridgehead atoms. The molecule has 2 aromatic rings. The largest absolute Gasteiger partial charge is 0.277 e. The number of nitro groups is 1. The number of benzene rings is 1. The van der Waals surface area contributed by atoms with Crippen LogP contribution in [0, 0.1) is 15.9 Å². The summed E-state index contributed by atoms with van der Waals surface area (Å²) in [6, 6.07) is 5.15. The molecule has 0 amide bonds. The summed E-state index contributed by atoms with van der Waals surface area (Å²) in [4.78, 5) is 12.8. The number of hydrogen-bond donors (Lipinski definition) is 1. The van der Waals surface area contributed by atoms with E-state index in [1.165, 1.54) is 18.3 Å². The van der Waals surface area contributed by atoms with Gasteiger partial charge in [0.2, 0.25) is 0 Å². The molecule has 1 N–H and O–H groups in total. The Bertz CT molecular complexity index is 813. The highest BCUT2D eigenvalue weighted by Crippen LogP contribution is 2.26. The number of nitrogens with one attached hydrogen (secondary N) is 1. The Morgan fingerprint density at radius 3 is 2.67 bits per heavy atom. The van der Waals surface area contributed by atoms with E-state index in [1.54, 1.807) is 0 Å². The Kier molecular flexibility index (Phi) is 4.19. The molecular formula is C11H7BrFN3O4S. The van der Waals surface area contributed by atoms with E-state index in [4.69, 9.17) is 0 Å². The average Bonchev–Trinajstić information content (AvgIpc) is 2.41. The fraction of sp³-hybridized carbons (Fsp3) is 0. The van der Waals surface area contributed by atoms with Gasteiger partial charge in [0.15, 0.2) is 0 Å². The van der Waals surface area contributed by atoms with E-state index in [9.17, 15) is 22.9 Å². The van der Waals surface area contributed by atoms with Gasteiger partial charge >= 0.3 is 0 Å². The molecule has 7 nitrogen and oxygen atoms in total. The van der Waals surface area contributed by atoms with E-state index in [-0.39, 0.29) is 10.3 Å². The van der Waals surface area contributed by atoms with Crippen molar-refractivity contribution in [3.8, 4) is 0 Å². The Morgan fingerprint density at radius 2 is 2.05 bits per heavy atom. The standard InChI is InChI=1S/C11H7BrFN3O4S/c12-11-9(2-1-5-14-11)15-21(19,20)10-6-7(16(17)18)3-4-8(10)13/h1-6,15H. The quantitative estimate of drug-likeness (QED) is 0.502. The van der Waals surface area contributed by atoms with E-state index in [2.05, 4.69) is 25.6 Å². The number of nitro benzene ring substituents is 1. The number of rotatable bonds is 4. The first-order valence-corrected chi connectivity index (χ1v) is 7.66. The van der Waals surface area contributed by atoms with Gasteiger partial charge in [-0.15, -0.1) is 0 Å². The molecule has 0 fully saturated rings. The van der Waals surface area contributed by atoms with Gasteiger partial charge in [0, 0.05) is 18.3 Å². The summed E-state index contributed by atoms with van der Waals surface area (Å²) >= 11 is 3.04. The zero-order valence-electron chi connectivity index (χ0n) is 10.2. The second kappa shape index (κ2) is 5.74. The highest BCUT2D eigenvalue weighted by atomic mass is 79.9. The predicted molar refractivity (Wildman–Crippen MR) is 75.8 cm³/mol. The number of anilines is 1. The van der Waals surface area contributed by atoms with Crippen LogP contribution >= 0.6 is 15.9 Å². The maximum Gasteiger partial charge on any atom is 0.271 e. The molecule has 21 heavy (non-hydrogen) atoms. The molecule has 0 aliphatic rings. The summed E-state index contributed by atoms with van der Waals surface area (Å²) in [6.45, 7) is 0. The Hall–Kier alpha value is -2.07. The van der Waals surface area contributed by atoms with Gasteiger partial charge in [0.05, 0.1) is 10.6 Å². The summed E-state index contributed by atoms with van der Waals surface area (Å²) in [7, 11) is -4.32. The normalized spacial score (nSPS) is 11.1. The number of halogens is 2. The van der Waals surface area contributed by atoms with Crippen molar-refractivity contribution in [3.63, 3.8) is 0 Å². The lowest BCUT2D eigenvalue weighted by Gasteiger charge is -2.09. The van der Waals surface area contributed by atoms with Crippen molar-refractivity contribution in [2.45, 2.75) is 4.90 Å². The van der Waals surface area contributed by atoms with Gasteiger partial charge in [0.1, 0.15) is 15.3 Å². The van der Waals surface area contributed by atoms with E-state index < -0.39 is 31.3 Å². The third-order valence-corrected chi connectivity index (χ3v) is 4.43. The van der Waals surface area contributed by atoms with Crippen molar-refractivity contribution in [2.75, 3.05) is 4.72 Å². The average molecular weight is 376 g/mol. The van der Waals surface area contributed by atoms with Gasteiger partial charge in [-0.1, -0.05) is 0 Å². The molecule has 0 atom stereocenters. The van der Waals surface area contributed by atoms with Crippen LogP contribution in [0.1, 0.15) is 0 Å². The van der Waals surface area contributed by atoms with Crippen LogP contribution in [-0.2, 0) is 10.0 Å². The molecule has 2 rings (SSSR count). The smallest absolute Gasteiger partial charge is 0.271 e. The maximum atomic E-state index is 13.7. The number of aromatic nitrogens is 1. The molecule has 1 aromatic heterocycles. The maximum absolute atomic E-state index is 13.7. The molecule has 0 saturated heterocycles. The van der Waals surface area contributed by atoms with E-state index in [0.29, 0.717) is 6.07 Å². The lowest BCUT2D eigenvalue weighted by molar-refractivity contribution is -0.385. The molecule has 0 saturated carbocycles. The van der Waals surface area contributed by atoms with Crippen LogP contribution in [0.15, 0.2) is 46.0 Å². The second-order valence-electron chi connectivity index (χ2n) is 3.82. The minimum atomic E-state index is -4.32. The fourth-order valence-electron chi connectivity index (χ4n) is 1.47. The third kappa shape index (κ3) is 3.34. The Labute approximate surface area is 127 Å². The first-order valence-electron chi connectivity index (χ1n) is 5.38. The molecule has 1 aromatic carbocycles. The summed E-state index contributed by atoms with van der Waals surface area (Å²) in [5, 5.41) is 10.7. The third-order valence-electron chi connectivity index (χ3n) is 2.42. The molecule has 0 radical (unpaired) electrons. The van der Waals surface area contributed by atoms with Gasteiger partial charge in [-0.25, -0.2) is 17.8 Å². The van der Waals surface area contributed by atoms with E-state index in [1.807, 2.05) is 0 Å². The molecule has 10 heteroatoms. The van der Waals surface area contributed by atoms with E-state index >= 15 is 0 Å². The summed E-state index contributed by atoms with van der Waals surface area (Å²) in [5.74, 6) is -1.09. The molecule has 0 aliphatic heterocycles. The molecule has 0 unspecified atom stereocenters. The van der Waals surface area contributed by atoms with Crippen LogP contribution in [0.5, 0.6) is 0 Å². The number of nitrogens with zero attached hydrogens (tertiary/aromatic N) is 2. The zero-order valence-corrected chi connectivity index (χ0v) is 12.6. The zero-order chi connectivity index (χ0) is 15.6. The van der Waals surface area contributed by atoms with Crippen LogP contribution in [0.4, 0.5) is 15.8 Å². The van der Waals surface area contributed by atoms with Crippen LogP contribution in [-0.4, -0.2) is 18.3 Å². The fourth-order valence-corrected chi connectivity index (χ4v) is 3.12. The Balaban J connectivity index is 2.47. The van der Waals surface area contributed by atoms with Gasteiger partial charge in [0.25, 0.3) is 15.7 Å². The Morgan fingerprint density at radius 1 is 1.33 bits per heavy atom. The lowest BCUT2D eigenvalue weighted by atomic mass is 10.3. The van der Waals surface area contributed by atoms with Crippen molar-refractivity contribution < 1.29 is 17.7 Å². The topological polar surface area (TPSA) is 102 Å². The van der Waals surface area contributed by atoms with Crippen molar-refractivity contribution in [3.05, 3.63) is 57.1 Å². The van der Waals surface area contributed by atoms with Crippen LogP contribution in [0.3, 0.4) is 0 Å². The molecule has 0 aliphatic carbocycles. The summed E-state index contributed by atoms with van der Waals surface area (Å²) in [6.07, 6.45) is 1.43. The van der Waals surface area contributed by atoms with Crippen LogP contribution in [0.2, 0.25) is 0 Å². The molecular weight excluding hydrogens is 369 g/mol. The molecule has 1 heterocycles. The van der Waals surface area contributed by atoms with Crippen LogP contribution in [0.25, 0.3) is 0 Å². The highest BCUT2D eigenvalue weighted by molar-refractivity contribution is 9.10. The van der Waals surface area contributed by atoms with Crippen LogP contribution < -0.4 is 4.72 Å². The minimum Gasteiger partial charge on any atom is -0.277 e. The SMILES string of the molecule is O=[N+]([O-])c1ccc(F)c(S(=O)(=O)Nc2cccnc2Br)c1. The second-order valence-corrected chi connectivity index (χ2v) is 6.22. The van der Waals surface area contributed by atoms with Crippen molar-refractivity contribution in [1.82, 2.24) is 4.98 Å². The predicted octanol–water partition coefficient (Wildman–Crippen LogP) is 2.69.